The first-order chi connectivity index (χ1) is 12.2. The molecule has 3 rings (SSSR count). The zero-order chi connectivity index (χ0) is 18.9. The van der Waals surface area contributed by atoms with Gasteiger partial charge in [0.05, 0.1) is 16.8 Å². The van der Waals surface area contributed by atoms with Gasteiger partial charge < -0.3 is 5.32 Å². The van der Waals surface area contributed by atoms with Crippen LogP contribution in [0.4, 0.5) is 11.4 Å². The van der Waals surface area contributed by atoms with Crippen molar-refractivity contribution in [3.63, 3.8) is 0 Å². The van der Waals surface area contributed by atoms with Crippen LogP contribution in [0.15, 0.2) is 53.6 Å². The summed E-state index contributed by atoms with van der Waals surface area (Å²) >= 11 is 6.08. The fourth-order valence-electron chi connectivity index (χ4n) is 2.71. The minimum Gasteiger partial charge on any atom is -0.354 e. The van der Waals surface area contributed by atoms with Crippen LogP contribution in [0.25, 0.3) is 11.1 Å². The number of nitrogens with zero attached hydrogens (tertiary/aromatic N) is 2. The quantitative estimate of drug-likeness (QED) is 0.664. The average Bonchev–Trinajstić information content (AvgIpc) is 2.55. The summed E-state index contributed by atoms with van der Waals surface area (Å²) in [6, 6.07) is 12.3. The number of pyridine rings is 2. The summed E-state index contributed by atoms with van der Waals surface area (Å²) in [5.74, 6) is 0. The van der Waals surface area contributed by atoms with Crippen LogP contribution in [0.5, 0.6) is 0 Å². The third kappa shape index (κ3) is 4.20. The van der Waals surface area contributed by atoms with E-state index in [1.165, 1.54) is 6.26 Å². The van der Waals surface area contributed by atoms with Crippen LogP contribution < -0.4 is 5.32 Å². The molecule has 0 aliphatic carbocycles. The highest BCUT2D eigenvalue weighted by Gasteiger charge is 2.11. The molecule has 0 aliphatic rings. The Bertz CT molecular complexity index is 1040. The van der Waals surface area contributed by atoms with Crippen LogP contribution in [0.2, 0.25) is 5.15 Å². The first-order valence-corrected chi connectivity index (χ1v) is 10.2. The van der Waals surface area contributed by atoms with Crippen LogP contribution >= 0.6 is 11.6 Å². The minimum atomic E-state index is -3.24. The van der Waals surface area contributed by atoms with Crippen LogP contribution in [0.3, 0.4) is 0 Å². The lowest BCUT2D eigenvalue weighted by atomic mass is 10.1. The molecule has 0 saturated carbocycles. The van der Waals surface area contributed by atoms with E-state index < -0.39 is 9.84 Å². The van der Waals surface area contributed by atoms with Gasteiger partial charge in [-0.15, -0.1) is 0 Å². The van der Waals surface area contributed by atoms with E-state index in [2.05, 4.69) is 15.3 Å². The maximum Gasteiger partial charge on any atom is 0.175 e. The SMILES string of the molecule is Cc1cc(Nc2cnc(Cl)cc2-c2ccc(S(C)(=O)=O)cc2)cc(C)n1. The van der Waals surface area contributed by atoms with E-state index in [0.29, 0.717) is 5.15 Å². The number of aryl methyl sites for hydroxylation is 2. The first kappa shape index (κ1) is 18.4. The summed E-state index contributed by atoms with van der Waals surface area (Å²) < 4.78 is 23.3. The Hall–Kier alpha value is -2.44. The first-order valence-electron chi connectivity index (χ1n) is 7.91. The molecular formula is C19H18ClN3O2S. The lowest BCUT2D eigenvalue weighted by molar-refractivity contribution is 0.602. The van der Waals surface area contributed by atoms with E-state index in [9.17, 15) is 8.42 Å². The smallest absolute Gasteiger partial charge is 0.175 e. The predicted octanol–water partition coefficient (Wildman–Crippen LogP) is 4.56. The molecule has 2 aromatic heterocycles. The molecule has 0 amide bonds. The maximum absolute atomic E-state index is 11.7. The van der Waals surface area contributed by atoms with Crippen molar-refractivity contribution in [2.24, 2.45) is 0 Å². The molecule has 7 heteroatoms. The second-order valence-corrected chi connectivity index (χ2v) is 8.52. The lowest BCUT2D eigenvalue weighted by Crippen LogP contribution is -1.98. The predicted molar refractivity (Wildman–Crippen MR) is 105 cm³/mol. The van der Waals surface area contributed by atoms with Crippen molar-refractivity contribution in [3.05, 3.63) is 65.2 Å². The molecule has 0 aliphatic heterocycles. The van der Waals surface area contributed by atoms with E-state index in [1.54, 1.807) is 36.5 Å². The fraction of sp³-hybridized carbons (Fsp3) is 0.158. The average molecular weight is 388 g/mol. The van der Waals surface area contributed by atoms with Crippen LogP contribution in [0.1, 0.15) is 11.4 Å². The highest BCUT2D eigenvalue weighted by atomic mass is 35.5. The van der Waals surface area contributed by atoms with Crippen molar-refractivity contribution < 1.29 is 8.42 Å². The van der Waals surface area contributed by atoms with Crippen molar-refractivity contribution in [1.29, 1.82) is 0 Å². The number of benzene rings is 1. The van der Waals surface area contributed by atoms with Crippen molar-refractivity contribution >= 4 is 32.8 Å². The highest BCUT2D eigenvalue weighted by molar-refractivity contribution is 7.90. The van der Waals surface area contributed by atoms with Crippen LogP contribution in [0, 0.1) is 13.8 Å². The maximum atomic E-state index is 11.7. The number of aromatic nitrogens is 2. The van der Waals surface area contributed by atoms with Gasteiger partial charge in [-0.3, -0.25) is 4.98 Å². The number of anilines is 2. The largest absolute Gasteiger partial charge is 0.354 e. The molecule has 1 N–H and O–H groups in total. The minimum absolute atomic E-state index is 0.274. The third-order valence-corrected chi connectivity index (χ3v) is 5.16. The third-order valence-electron chi connectivity index (χ3n) is 3.82. The fourth-order valence-corrected chi connectivity index (χ4v) is 3.50. The Morgan fingerprint density at radius 1 is 1.00 bits per heavy atom. The van der Waals surface area contributed by atoms with Gasteiger partial charge in [0.1, 0.15) is 5.15 Å². The number of sulfone groups is 1. The van der Waals surface area contributed by atoms with Crippen molar-refractivity contribution in [2.45, 2.75) is 18.7 Å². The number of halogens is 1. The number of hydrogen-bond acceptors (Lipinski definition) is 5. The zero-order valence-corrected chi connectivity index (χ0v) is 16.2. The van der Waals surface area contributed by atoms with Gasteiger partial charge in [0.25, 0.3) is 0 Å². The summed E-state index contributed by atoms with van der Waals surface area (Å²) in [7, 11) is -3.24. The molecule has 0 radical (unpaired) electrons. The van der Waals surface area contributed by atoms with E-state index in [4.69, 9.17) is 11.6 Å². The summed E-state index contributed by atoms with van der Waals surface area (Å²) in [4.78, 5) is 8.80. The summed E-state index contributed by atoms with van der Waals surface area (Å²) in [5, 5.41) is 3.71. The molecule has 0 spiro atoms. The Balaban J connectivity index is 2.03. The molecule has 134 valence electrons. The summed E-state index contributed by atoms with van der Waals surface area (Å²) in [5.41, 5.74) is 5.16. The molecule has 2 heterocycles. The zero-order valence-electron chi connectivity index (χ0n) is 14.6. The molecule has 3 aromatic rings. The van der Waals surface area contributed by atoms with Gasteiger partial charge in [-0.1, -0.05) is 23.7 Å². The van der Waals surface area contributed by atoms with E-state index in [0.717, 1.165) is 33.9 Å². The van der Waals surface area contributed by atoms with Crippen LogP contribution in [-0.4, -0.2) is 24.6 Å². The Morgan fingerprint density at radius 3 is 2.19 bits per heavy atom. The second kappa shape index (κ2) is 7.05. The normalized spacial score (nSPS) is 11.4. The topological polar surface area (TPSA) is 72.0 Å². The van der Waals surface area contributed by atoms with Gasteiger partial charge >= 0.3 is 0 Å². The molecule has 0 unspecified atom stereocenters. The molecule has 26 heavy (non-hydrogen) atoms. The Morgan fingerprint density at radius 2 is 1.62 bits per heavy atom. The number of rotatable bonds is 4. The number of hydrogen-bond donors (Lipinski definition) is 1. The Kier molecular flexibility index (Phi) is 4.98. The van der Waals surface area contributed by atoms with Crippen LogP contribution in [-0.2, 0) is 9.84 Å². The molecule has 0 saturated heterocycles. The molecule has 5 nitrogen and oxygen atoms in total. The second-order valence-electron chi connectivity index (χ2n) is 6.11. The Labute approximate surface area is 158 Å². The summed E-state index contributed by atoms with van der Waals surface area (Å²) in [6.07, 6.45) is 2.85. The molecule has 0 atom stereocenters. The standard InChI is InChI=1S/C19H18ClN3O2S/c1-12-8-15(9-13(2)22-12)23-18-11-21-19(20)10-17(18)14-4-6-16(7-5-14)26(3,24)25/h4-11H,1-3H3,(H,22,23). The molecule has 1 aromatic carbocycles. The van der Waals surface area contributed by atoms with E-state index in [-0.39, 0.29) is 4.90 Å². The van der Waals surface area contributed by atoms with Gasteiger partial charge in [-0.25, -0.2) is 13.4 Å². The van der Waals surface area contributed by atoms with Gasteiger partial charge in [0.15, 0.2) is 9.84 Å². The number of nitrogens with one attached hydrogen (secondary N) is 1. The molecular weight excluding hydrogens is 370 g/mol. The highest BCUT2D eigenvalue weighted by Crippen LogP contribution is 2.32. The van der Waals surface area contributed by atoms with E-state index >= 15 is 0 Å². The van der Waals surface area contributed by atoms with Crippen molar-refractivity contribution in [2.75, 3.05) is 11.6 Å². The van der Waals surface area contributed by atoms with Gasteiger partial charge in [-0.2, -0.15) is 0 Å². The van der Waals surface area contributed by atoms with Gasteiger partial charge in [0, 0.05) is 28.9 Å². The summed E-state index contributed by atoms with van der Waals surface area (Å²) in [6.45, 7) is 3.87. The van der Waals surface area contributed by atoms with Crippen molar-refractivity contribution in [1.82, 2.24) is 9.97 Å². The van der Waals surface area contributed by atoms with Crippen molar-refractivity contribution in [3.8, 4) is 11.1 Å². The molecule has 0 fully saturated rings. The molecule has 0 bridgehead atoms. The van der Waals surface area contributed by atoms with Gasteiger partial charge in [0.2, 0.25) is 0 Å². The van der Waals surface area contributed by atoms with Gasteiger partial charge in [-0.05, 0) is 49.7 Å². The monoisotopic (exact) mass is 387 g/mol. The van der Waals surface area contributed by atoms with E-state index in [1.807, 2.05) is 26.0 Å². The lowest BCUT2D eigenvalue weighted by Gasteiger charge is -2.13.